The Labute approximate surface area is 155 Å². The van der Waals surface area contributed by atoms with Crippen LogP contribution >= 0.6 is 0 Å². The molecule has 1 saturated heterocycles. The van der Waals surface area contributed by atoms with Crippen LogP contribution in [0.1, 0.15) is 36.9 Å². The number of nitrogens with zero attached hydrogens (tertiary/aromatic N) is 5. The van der Waals surface area contributed by atoms with Gasteiger partial charge in [-0.2, -0.15) is 0 Å². The summed E-state index contributed by atoms with van der Waals surface area (Å²) in [5.74, 6) is 1.24. The van der Waals surface area contributed by atoms with Crippen LogP contribution < -0.4 is 4.90 Å². The summed E-state index contributed by atoms with van der Waals surface area (Å²) in [6, 6.07) is 0.822. The third-order valence-electron chi connectivity index (χ3n) is 6.06. The number of carbonyl (C=O) groups excluding carboxylic acids is 1. The maximum atomic E-state index is 12.3. The van der Waals surface area contributed by atoms with E-state index in [0.29, 0.717) is 19.6 Å². The molecule has 0 radical (unpaired) electrons. The number of ether oxygens (including phenoxy) is 1. The highest BCUT2D eigenvalue weighted by Gasteiger charge is 2.30. The van der Waals surface area contributed by atoms with Gasteiger partial charge in [-0.25, -0.2) is 9.97 Å². The SMILES string of the molecule is COCCC(=O)N1CCc2c(ncnc2N2CCN(C3CCC3)CC2)C1. The van der Waals surface area contributed by atoms with Crippen LogP contribution in [0.3, 0.4) is 0 Å². The first kappa shape index (κ1) is 17.7. The molecule has 0 bridgehead atoms. The average Bonchev–Trinajstić information content (AvgIpc) is 2.64. The molecule has 1 saturated carbocycles. The quantitative estimate of drug-likeness (QED) is 0.784. The molecule has 0 unspecified atom stereocenters. The molecule has 7 nitrogen and oxygen atoms in total. The Morgan fingerprint density at radius 3 is 2.69 bits per heavy atom. The number of fused-ring (bicyclic) bond motifs is 1. The molecule has 4 rings (SSSR count). The fraction of sp³-hybridized carbons (Fsp3) is 0.737. The molecule has 1 aromatic rings. The smallest absolute Gasteiger partial charge is 0.225 e. The van der Waals surface area contributed by atoms with Gasteiger partial charge in [0.1, 0.15) is 12.1 Å². The summed E-state index contributed by atoms with van der Waals surface area (Å²) in [7, 11) is 1.63. The first-order chi connectivity index (χ1) is 12.8. The van der Waals surface area contributed by atoms with Crippen LogP contribution in [0, 0.1) is 0 Å². The van der Waals surface area contributed by atoms with Gasteiger partial charge in [-0.3, -0.25) is 9.69 Å². The molecular weight excluding hydrogens is 330 g/mol. The maximum Gasteiger partial charge on any atom is 0.225 e. The van der Waals surface area contributed by atoms with Crippen molar-refractivity contribution in [1.82, 2.24) is 19.8 Å². The van der Waals surface area contributed by atoms with Gasteiger partial charge in [0, 0.05) is 51.4 Å². The van der Waals surface area contributed by atoms with E-state index >= 15 is 0 Å². The van der Waals surface area contributed by atoms with Gasteiger partial charge in [-0.15, -0.1) is 0 Å². The van der Waals surface area contributed by atoms with E-state index < -0.39 is 0 Å². The van der Waals surface area contributed by atoms with E-state index in [1.807, 2.05) is 4.90 Å². The zero-order valence-corrected chi connectivity index (χ0v) is 15.7. The molecule has 7 heteroatoms. The van der Waals surface area contributed by atoms with E-state index in [1.54, 1.807) is 13.4 Å². The largest absolute Gasteiger partial charge is 0.384 e. The lowest BCUT2D eigenvalue weighted by molar-refractivity contribution is -0.133. The van der Waals surface area contributed by atoms with Gasteiger partial charge in [0.05, 0.1) is 25.3 Å². The molecule has 3 aliphatic rings. The Balaban J connectivity index is 1.41. The van der Waals surface area contributed by atoms with Crippen molar-refractivity contribution >= 4 is 11.7 Å². The summed E-state index contributed by atoms with van der Waals surface area (Å²) in [4.78, 5) is 28.3. The highest BCUT2D eigenvalue weighted by Crippen LogP contribution is 2.29. The van der Waals surface area contributed by atoms with E-state index in [2.05, 4.69) is 19.8 Å². The molecule has 2 fully saturated rings. The molecule has 2 aliphatic heterocycles. The molecule has 3 heterocycles. The molecule has 1 amide bonds. The van der Waals surface area contributed by atoms with Gasteiger partial charge in [0.2, 0.25) is 5.91 Å². The van der Waals surface area contributed by atoms with E-state index in [0.717, 1.165) is 56.7 Å². The second kappa shape index (κ2) is 7.88. The lowest BCUT2D eigenvalue weighted by Gasteiger charge is -2.43. The Bertz CT molecular complexity index is 641. The standard InChI is InChI=1S/C19H29N5O2/c1-26-12-6-18(25)24-7-5-16-17(13-24)20-14-21-19(16)23-10-8-22(9-11-23)15-3-2-4-15/h14-15H,2-13H2,1H3. The average molecular weight is 359 g/mol. The molecular formula is C19H29N5O2. The van der Waals surface area contributed by atoms with Gasteiger partial charge in [0.25, 0.3) is 0 Å². The van der Waals surface area contributed by atoms with Crippen molar-refractivity contribution in [1.29, 1.82) is 0 Å². The van der Waals surface area contributed by atoms with Crippen molar-refractivity contribution in [2.75, 3.05) is 51.3 Å². The van der Waals surface area contributed by atoms with Crippen LogP contribution in [0.15, 0.2) is 6.33 Å². The summed E-state index contributed by atoms with van der Waals surface area (Å²) < 4.78 is 5.03. The third-order valence-corrected chi connectivity index (χ3v) is 6.06. The van der Waals surface area contributed by atoms with Crippen LogP contribution in [0.2, 0.25) is 0 Å². The fourth-order valence-corrected chi connectivity index (χ4v) is 4.22. The fourth-order valence-electron chi connectivity index (χ4n) is 4.22. The second-order valence-electron chi connectivity index (χ2n) is 7.54. The minimum atomic E-state index is 0.145. The van der Waals surface area contributed by atoms with E-state index in [4.69, 9.17) is 4.74 Å². The highest BCUT2D eigenvalue weighted by atomic mass is 16.5. The second-order valence-corrected chi connectivity index (χ2v) is 7.54. The van der Waals surface area contributed by atoms with Gasteiger partial charge in [-0.1, -0.05) is 6.42 Å². The predicted molar refractivity (Wildman–Crippen MR) is 99.1 cm³/mol. The van der Waals surface area contributed by atoms with Crippen LogP contribution in [0.4, 0.5) is 5.82 Å². The first-order valence-electron chi connectivity index (χ1n) is 9.84. The van der Waals surface area contributed by atoms with Crippen molar-refractivity contribution < 1.29 is 9.53 Å². The Morgan fingerprint density at radius 2 is 2.00 bits per heavy atom. The van der Waals surface area contributed by atoms with Crippen molar-refractivity contribution in [3.63, 3.8) is 0 Å². The van der Waals surface area contributed by atoms with Gasteiger partial charge in [0.15, 0.2) is 0 Å². The normalized spacial score (nSPS) is 21.4. The summed E-state index contributed by atoms with van der Waals surface area (Å²) in [6.07, 6.45) is 7.07. The van der Waals surface area contributed by atoms with Crippen molar-refractivity contribution in [2.45, 2.75) is 44.7 Å². The van der Waals surface area contributed by atoms with Gasteiger partial charge >= 0.3 is 0 Å². The van der Waals surface area contributed by atoms with Crippen molar-refractivity contribution in [3.8, 4) is 0 Å². The maximum absolute atomic E-state index is 12.3. The van der Waals surface area contributed by atoms with E-state index in [1.165, 1.54) is 24.8 Å². The molecule has 1 aromatic heterocycles. The molecule has 0 aromatic carbocycles. The van der Waals surface area contributed by atoms with Crippen molar-refractivity contribution in [2.24, 2.45) is 0 Å². The minimum Gasteiger partial charge on any atom is -0.384 e. The first-order valence-corrected chi connectivity index (χ1v) is 9.84. The number of rotatable bonds is 5. The number of hydrogen-bond donors (Lipinski definition) is 0. The van der Waals surface area contributed by atoms with Gasteiger partial charge < -0.3 is 14.5 Å². The van der Waals surface area contributed by atoms with Crippen LogP contribution in [-0.4, -0.2) is 78.2 Å². The van der Waals surface area contributed by atoms with Gasteiger partial charge in [-0.05, 0) is 19.3 Å². The Morgan fingerprint density at radius 1 is 1.19 bits per heavy atom. The number of hydrogen-bond acceptors (Lipinski definition) is 6. The number of aromatic nitrogens is 2. The third kappa shape index (κ3) is 3.55. The predicted octanol–water partition coefficient (Wildman–Crippen LogP) is 1.07. The van der Waals surface area contributed by atoms with E-state index in [9.17, 15) is 4.79 Å². The van der Waals surface area contributed by atoms with Crippen molar-refractivity contribution in [3.05, 3.63) is 17.6 Å². The number of amides is 1. The number of piperazine rings is 1. The lowest BCUT2D eigenvalue weighted by atomic mass is 9.91. The molecule has 142 valence electrons. The zero-order chi connectivity index (χ0) is 17.9. The Hall–Kier alpha value is -1.73. The minimum absolute atomic E-state index is 0.145. The summed E-state index contributed by atoms with van der Waals surface area (Å²) in [5, 5.41) is 0. The summed E-state index contributed by atoms with van der Waals surface area (Å²) in [6.45, 7) is 6.15. The van der Waals surface area contributed by atoms with E-state index in [-0.39, 0.29) is 5.91 Å². The number of carbonyl (C=O) groups is 1. The van der Waals surface area contributed by atoms with Crippen LogP contribution in [0.5, 0.6) is 0 Å². The lowest BCUT2D eigenvalue weighted by Crippen LogP contribution is -2.52. The van der Waals surface area contributed by atoms with Crippen LogP contribution in [-0.2, 0) is 22.5 Å². The monoisotopic (exact) mass is 359 g/mol. The zero-order valence-electron chi connectivity index (χ0n) is 15.7. The topological polar surface area (TPSA) is 61.8 Å². The molecule has 0 N–H and O–H groups in total. The molecule has 26 heavy (non-hydrogen) atoms. The highest BCUT2D eigenvalue weighted by molar-refractivity contribution is 5.76. The van der Waals surface area contributed by atoms with Crippen LogP contribution in [0.25, 0.3) is 0 Å². The number of methoxy groups -OCH3 is 1. The summed E-state index contributed by atoms with van der Waals surface area (Å²) in [5.41, 5.74) is 2.24. The number of anilines is 1. The molecule has 0 spiro atoms. The Kier molecular flexibility index (Phi) is 5.36. The summed E-state index contributed by atoms with van der Waals surface area (Å²) >= 11 is 0. The molecule has 1 aliphatic carbocycles. The molecule has 0 atom stereocenters.